The number of fused-ring (bicyclic) bond motifs is 5. The summed E-state index contributed by atoms with van der Waals surface area (Å²) in [5.41, 5.74) is 13.3. The van der Waals surface area contributed by atoms with Crippen molar-refractivity contribution in [3.05, 3.63) is 0 Å². The first kappa shape index (κ1) is 22.1. The van der Waals surface area contributed by atoms with E-state index in [4.69, 9.17) is 11.5 Å². The van der Waals surface area contributed by atoms with Crippen LogP contribution in [0.1, 0.15) is 90.4 Å². The van der Waals surface area contributed by atoms with Gasteiger partial charge >= 0.3 is 0 Å². The molecule has 4 heteroatoms. The van der Waals surface area contributed by atoms with Crippen LogP contribution in [0.4, 0.5) is 0 Å². The standard InChI is InChI=1S/C24H41N3.H3N/c1-23-13-11-22-19(21(23)10-9-18(23)7-3-2-6-14-25)15-17(16-26)20-8-4-5-12-24(20,22)27;/h17-22H,2-15,25,27H2,1H3;1H3. The van der Waals surface area contributed by atoms with E-state index in [9.17, 15) is 5.26 Å². The van der Waals surface area contributed by atoms with Crippen molar-refractivity contribution < 1.29 is 0 Å². The molecule has 0 bridgehead atoms. The summed E-state index contributed by atoms with van der Waals surface area (Å²) in [6.45, 7) is 3.44. The maximum atomic E-state index is 9.94. The smallest absolute Gasteiger partial charge is 0.0659 e. The second-order valence-corrected chi connectivity index (χ2v) is 10.8. The molecule has 8 unspecified atom stereocenters. The van der Waals surface area contributed by atoms with E-state index in [0.717, 1.165) is 24.8 Å². The maximum Gasteiger partial charge on any atom is 0.0659 e. The molecule has 0 spiro atoms. The van der Waals surface area contributed by atoms with Crippen molar-refractivity contribution in [2.75, 3.05) is 6.54 Å². The van der Waals surface area contributed by atoms with Crippen molar-refractivity contribution in [1.29, 1.82) is 5.26 Å². The van der Waals surface area contributed by atoms with Crippen molar-refractivity contribution in [2.45, 2.75) is 95.9 Å². The second kappa shape index (κ2) is 8.62. The van der Waals surface area contributed by atoms with Crippen LogP contribution < -0.4 is 17.6 Å². The Morgan fingerprint density at radius 2 is 1.79 bits per heavy atom. The van der Waals surface area contributed by atoms with E-state index in [-0.39, 0.29) is 17.6 Å². The van der Waals surface area contributed by atoms with E-state index in [2.05, 4.69) is 13.0 Å². The van der Waals surface area contributed by atoms with E-state index in [0.29, 0.717) is 23.2 Å². The number of nitriles is 1. The molecule has 4 rings (SSSR count). The lowest BCUT2D eigenvalue weighted by atomic mass is 9.45. The van der Waals surface area contributed by atoms with Crippen LogP contribution in [0, 0.1) is 52.3 Å². The Morgan fingerprint density at radius 3 is 2.54 bits per heavy atom. The molecule has 4 saturated carbocycles. The van der Waals surface area contributed by atoms with Crippen LogP contribution >= 0.6 is 0 Å². The van der Waals surface area contributed by atoms with Gasteiger partial charge in [0.05, 0.1) is 12.0 Å². The molecule has 28 heavy (non-hydrogen) atoms. The van der Waals surface area contributed by atoms with Gasteiger partial charge in [-0.15, -0.1) is 0 Å². The molecule has 0 radical (unpaired) electrons. The molecule has 4 nitrogen and oxygen atoms in total. The van der Waals surface area contributed by atoms with E-state index in [1.807, 2.05) is 0 Å². The number of unbranched alkanes of at least 4 members (excludes halogenated alkanes) is 2. The highest BCUT2D eigenvalue weighted by Crippen LogP contribution is 2.66. The third-order valence-corrected chi connectivity index (χ3v) is 9.82. The summed E-state index contributed by atoms with van der Waals surface area (Å²) in [6.07, 6.45) is 16.8. The van der Waals surface area contributed by atoms with Crippen LogP contribution in [0.15, 0.2) is 0 Å². The van der Waals surface area contributed by atoms with Gasteiger partial charge in [-0.1, -0.05) is 32.6 Å². The summed E-state index contributed by atoms with van der Waals surface area (Å²) in [7, 11) is 0. The van der Waals surface area contributed by atoms with Crippen molar-refractivity contribution in [3.63, 3.8) is 0 Å². The molecular formula is C24H44N4. The summed E-state index contributed by atoms with van der Waals surface area (Å²) in [5.74, 6) is 3.77. The highest BCUT2D eigenvalue weighted by Gasteiger charge is 2.61. The molecule has 0 aromatic heterocycles. The summed E-state index contributed by atoms with van der Waals surface area (Å²) >= 11 is 0. The first-order valence-electron chi connectivity index (χ1n) is 11.9. The van der Waals surface area contributed by atoms with Crippen LogP contribution in [-0.2, 0) is 0 Å². The lowest BCUT2D eigenvalue weighted by Gasteiger charge is -2.61. The van der Waals surface area contributed by atoms with Crippen molar-refractivity contribution in [2.24, 2.45) is 52.4 Å². The molecular weight excluding hydrogens is 344 g/mol. The van der Waals surface area contributed by atoms with Gasteiger partial charge in [-0.25, -0.2) is 0 Å². The van der Waals surface area contributed by atoms with Gasteiger partial charge < -0.3 is 17.6 Å². The average molecular weight is 389 g/mol. The molecule has 4 aliphatic carbocycles. The van der Waals surface area contributed by atoms with Gasteiger partial charge in [-0.3, -0.25) is 0 Å². The Kier molecular flexibility index (Phi) is 6.79. The lowest BCUT2D eigenvalue weighted by molar-refractivity contribution is -0.0897. The van der Waals surface area contributed by atoms with Crippen molar-refractivity contribution in [3.8, 4) is 6.07 Å². The van der Waals surface area contributed by atoms with E-state index >= 15 is 0 Å². The minimum absolute atomic E-state index is 0. The predicted octanol–water partition coefficient (Wildman–Crippen LogP) is 5.16. The molecule has 0 aromatic rings. The molecule has 7 N–H and O–H groups in total. The first-order valence-corrected chi connectivity index (χ1v) is 11.9. The second-order valence-electron chi connectivity index (χ2n) is 10.8. The average Bonchev–Trinajstić information content (AvgIpc) is 3.00. The third kappa shape index (κ3) is 3.42. The van der Waals surface area contributed by atoms with Gasteiger partial charge in [-0.2, -0.15) is 5.26 Å². The predicted molar refractivity (Wildman–Crippen MR) is 116 cm³/mol. The molecule has 160 valence electrons. The van der Waals surface area contributed by atoms with E-state index < -0.39 is 0 Å². The molecule has 4 aliphatic rings. The zero-order chi connectivity index (χ0) is 19.1. The normalized spacial score (nSPS) is 47.2. The summed E-state index contributed by atoms with van der Waals surface area (Å²) in [4.78, 5) is 0. The Labute approximate surface area is 172 Å². The van der Waals surface area contributed by atoms with E-state index in [1.54, 1.807) is 0 Å². The minimum Gasteiger partial charge on any atom is -0.344 e. The number of nitrogens with zero attached hydrogens (tertiary/aromatic N) is 1. The lowest BCUT2D eigenvalue weighted by Crippen LogP contribution is -2.65. The molecule has 0 aliphatic heterocycles. The Bertz CT molecular complexity index is 571. The fourth-order valence-electron chi connectivity index (χ4n) is 8.46. The fourth-order valence-corrected chi connectivity index (χ4v) is 8.46. The van der Waals surface area contributed by atoms with Crippen LogP contribution in [0.2, 0.25) is 0 Å². The van der Waals surface area contributed by atoms with Crippen molar-refractivity contribution >= 4 is 0 Å². The van der Waals surface area contributed by atoms with Gasteiger partial charge in [0.2, 0.25) is 0 Å². The fraction of sp³-hybridized carbons (Fsp3) is 0.958. The van der Waals surface area contributed by atoms with Gasteiger partial charge in [-0.05, 0) is 99.3 Å². The highest BCUT2D eigenvalue weighted by molar-refractivity contribution is 5.16. The number of nitrogens with two attached hydrogens (primary N) is 2. The number of rotatable bonds is 5. The topological polar surface area (TPSA) is 111 Å². The summed E-state index contributed by atoms with van der Waals surface area (Å²) in [5, 5.41) is 9.94. The number of hydrogen-bond acceptors (Lipinski definition) is 4. The number of hydrogen-bond donors (Lipinski definition) is 3. The molecule has 8 atom stereocenters. The van der Waals surface area contributed by atoms with Gasteiger partial charge in [0.25, 0.3) is 0 Å². The molecule has 0 saturated heterocycles. The maximum absolute atomic E-state index is 9.94. The van der Waals surface area contributed by atoms with Crippen molar-refractivity contribution in [1.82, 2.24) is 6.15 Å². The van der Waals surface area contributed by atoms with E-state index in [1.165, 1.54) is 77.0 Å². The van der Waals surface area contributed by atoms with Crippen LogP contribution in [0.25, 0.3) is 0 Å². The molecule has 4 fully saturated rings. The third-order valence-electron chi connectivity index (χ3n) is 9.82. The quantitative estimate of drug-likeness (QED) is 0.565. The first-order chi connectivity index (χ1) is 13.0. The summed E-state index contributed by atoms with van der Waals surface area (Å²) in [6, 6.07) is 2.72. The molecule has 0 heterocycles. The zero-order valence-electron chi connectivity index (χ0n) is 18.2. The monoisotopic (exact) mass is 388 g/mol. The highest BCUT2D eigenvalue weighted by atomic mass is 14.8. The van der Waals surface area contributed by atoms with Crippen LogP contribution in [0.5, 0.6) is 0 Å². The Hall–Kier alpha value is -0.630. The summed E-state index contributed by atoms with van der Waals surface area (Å²) < 4.78 is 0. The SMILES string of the molecule is CC12CCC3C(CC(C#N)C4CCCCC43N)C1CCC2CCCCCN.N. The van der Waals surface area contributed by atoms with Gasteiger partial charge in [0, 0.05) is 5.54 Å². The largest absolute Gasteiger partial charge is 0.344 e. The van der Waals surface area contributed by atoms with Crippen LogP contribution in [-0.4, -0.2) is 12.1 Å². The Balaban J connectivity index is 0.00000225. The molecule has 0 amide bonds. The molecule has 0 aromatic carbocycles. The van der Waals surface area contributed by atoms with Crippen LogP contribution in [0.3, 0.4) is 0 Å². The Morgan fingerprint density at radius 1 is 0.964 bits per heavy atom. The van der Waals surface area contributed by atoms with Gasteiger partial charge in [0.15, 0.2) is 0 Å². The minimum atomic E-state index is -0.0396. The van der Waals surface area contributed by atoms with Gasteiger partial charge in [0.1, 0.15) is 0 Å². The zero-order valence-corrected chi connectivity index (χ0v) is 18.2.